The van der Waals surface area contributed by atoms with Crippen molar-refractivity contribution in [1.82, 2.24) is 14.8 Å². The SMILES string of the molecule is CN(Cc1ccccc1)C1CCN(C(=O)c2cscn2)C(C(=O)O)C1. The van der Waals surface area contributed by atoms with Crippen molar-refractivity contribution in [3.8, 4) is 0 Å². The Kier molecular flexibility index (Phi) is 5.45. The van der Waals surface area contributed by atoms with Gasteiger partial charge in [-0.2, -0.15) is 0 Å². The number of amides is 1. The second-order valence-corrected chi connectivity index (χ2v) is 7.02. The molecule has 2 heterocycles. The van der Waals surface area contributed by atoms with E-state index in [0.29, 0.717) is 18.7 Å². The molecule has 0 spiro atoms. The summed E-state index contributed by atoms with van der Waals surface area (Å²) >= 11 is 1.33. The molecule has 6 nitrogen and oxygen atoms in total. The normalized spacial score (nSPS) is 20.6. The smallest absolute Gasteiger partial charge is 0.326 e. The fraction of sp³-hybridized carbons (Fsp3) is 0.389. The number of thiazole rings is 1. The number of nitrogens with zero attached hydrogens (tertiary/aromatic N) is 3. The zero-order valence-electron chi connectivity index (χ0n) is 14.0. The Labute approximate surface area is 150 Å². The maximum Gasteiger partial charge on any atom is 0.326 e. The lowest BCUT2D eigenvalue weighted by atomic mass is 9.95. The van der Waals surface area contributed by atoms with Gasteiger partial charge in [0.05, 0.1) is 5.51 Å². The standard InChI is InChI=1S/C18H21N3O3S/c1-20(10-13-5-3-2-4-6-13)14-7-8-21(16(9-14)18(23)24)17(22)15-11-25-12-19-15/h2-6,11-12,14,16H,7-10H2,1H3,(H,23,24). The topological polar surface area (TPSA) is 73.7 Å². The summed E-state index contributed by atoms with van der Waals surface area (Å²) in [7, 11) is 2.01. The third-order valence-corrected chi connectivity index (χ3v) is 5.26. The van der Waals surface area contributed by atoms with Crippen molar-refractivity contribution in [3.63, 3.8) is 0 Å². The van der Waals surface area contributed by atoms with E-state index in [1.54, 1.807) is 10.9 Å². The van der Waals surface area contributed by atoms with Crippen LogP contribution in [0, 0.1) is 0 Å². The number of rotatable bonds is 5. The van der Waals surface area contributed by atoms with Crippen LogP contribution in [0.2, 0.25) is 0 Å². The first-order valence-corrected chi connectivity index (χ1v) is 9.16. The molecule has 0 bridgehead atoms. The fourth-order valence-corrected chi connectivity index (χ4v) is 3.82. The van der Waals surface area contributed by atoms with Gasteiger partial charge in [0.2, 0.25) is 0 Å². The number of aliphatic carboxylic acids is 1. The van der Waals surface area contributed by atoms with Gasteiger partial charge < -0.3 is 10.0 Å². The van der Waals surface area contributed by atoms with Crippen LogP contribution in [0.5, 0.6) is 0 Å². The Morgan fingerprint density at radius 2 is 2.12 bits per heavy atom. The monoisotopic (exact) mass is 359 g/mol. The highest BCUT2D eigenvalue weighted by molar-refractivity contribution is 7.07. The Bertz CT molecular complexity index is 720. The Balaban J connectivity index is 1.68. The molecule has 1 aromatic carbocycles. The quantitative estimate of drug-likeness (QED) is 0.887. The van der Waals surface area contributed by atoms with E-state index in [9.17, 15) is 14.7 Å². The van der Waals surface area contributed by atoms with Crippen molar-refractivity contribution < 1.29 is 14.7 Å². The van der Waals surface area contributed by atoms with E-state index in [1.165, 1.54) is 21.8 Å². The number of carboxylic acids is 1. The highest BCUT2D eigenvalue weighted by atomic mass is 32.1. The molecule has 2 aromatic rings. The van der Waals surface area contributed by atoms with E-state index in [0.717, 1.165) is 13.0 Å². The molecule has 2 unspecified atom stereocenters. The predicted molar refractivity (Wildman–Crippen MR) is 95.5 cm³/mol. The zero-order valence-corrected chi connectivity index (χ0v) is 14.9. The van der Waals surface area contributed by atoms with Gasteiger partial charge in [0.25, 0.3) is 5.91 Å². The summed E-state index contributed by atoms with van der Waals surface area (Å²) in [6.07, 6.45) is 1.18. The summed E-state index contributed by atoms with van der Waals surface area (Å²) in [5.41, 5.74) is 3.11. The minimum absolute atomic E-state index is 0.126. The number of hydrogen-bond donors (Lipinski definition) is 1. The summed E-state index contributed by atoms with van der Waals surface area (Å²) in [4.78, 5) is 31.9. The van der Waals surface area contributed by atoms with Crippen LogP contribution >= 0.6 is 11.3 Å². The molecule has 0 saturated carbocycles. The van der Waals surface area contributed by atoms with E-state index < -0.39 is 12.0 Å². The largest absolute Gasteiger partial charge is 0.480 e. The molecule has 1 saturated heterocycles. The third kappa shape index (κ3) is 4.05. The van der Waals surface area contributed by atoms with Gasteiger partial charge in [-0.25, -0.2) is 9.78 Å². The fourth-order valence-electron chi connectivity index (χ4n) is 3.29. The molecule has 3 rings (SSSR count). The molecular formula is C18H21N3O3S. The molecule has 1 aliphatic rings. The molecule has 0 aliphatic carbocycles. The van der Waals surface area contributed by atoms with Crippen molar-refractivity contribution in [2.24, 2.45) is 0 Å². The Morgan fingerprint density at radius 1 is 1.36 bits per heavy atom. The minimum Gasteiger partial charge on any atom is -0.480 e. The molecule has 2 atom stereocenters. The van der Waals surface area contributed by atoms with Gasteiger partial charge >= 0.3 is 5.97 Å². The number of carbonyl (C=O) groups is 2. The van der Waals surface area contributed by atoms with Crippen LogP contribution in [0.1, 0.15) is 28.9 Å². The highest BCUT2D eigenvalue weighted by Crippen LogP contribution is 2.24. The maximum atomic E-state index is 12.5. The first-order valence-electron chi connectivity index (χ1n) is 8.22. The maximum absolute atomic E-state index is 12.5. The minimum atomic E-state index is -0.957. The Morgan fingerprint density at radius 3 is 2.76 bits per heavy atom. The number of aromatic nitrogens is 1. The second kappa shape index (κ2) is 7.76. The van der Waals surface area contributed by atoms with E-state index in [-0.39, 0.29) is 11.9 Å². The van der Waals surface area contributed by atoms with Gasteiger partial charge in [0.15, 0.2) is 0 Å². The molecule has 1 amide bonds. The summed E-state index contributed by atoms with van der Waals surface area (Å²) in [6.45, 7) is 1.19. The molecule has 1 aromatic heterocycles. The van der Waals surface area contributed by atoms with Crippen LogP contribution in [-0.4, -0.2) is 57.4 Å². The third-order valence-electron chi connectivity index (χ3n) is 4.67. The van der Waals surface area contributed by atoms with E-state index >= 15 is 0 Å². The molecule has 1 N–H and O–H groups in total. The van der Waals surface area contributed by atoms with Gasteiger partial charge in [0, 0.05) is 24.5 Å². The summed E-state index contributed by atoms with van der Waals surface area (Å²) in [5, 5.41) is 11.3. The number of hydrogen-bond acceptors (Lipinski definition) is 5. The number of piperidine rings is 1. The molecule has 1 aliphatic heterocycles. The van der Waals surface area contributed by atoms with E-state index in [2.05, 4.69) is 22.0 Å². The molecule has 25 heavy (non-hydrogen) atoms. The lowest BCUT2D eigenvalue weighted by Crippen LogP contribution is -2.54. The zero-order chi connectivity index (χ0) is 17.8. The molecule has 7 heteroatoms. The van der Waals surface area contributed by atoms with Crippen molar-refractivity contribution in [3.05, 3.63) is 52.5 Å². The summed E-state index contributed by atoms with van der Waals surface area (Å²) in [6, 6.07) is 9.41. The van der Waals surface area contributed by atoms with Crippen LogP contribution in [0.4, 0.5) is 0 Å². The van der Waals surface area contributed by atoms with Gasteiger partial charge in [-0.05, 0) is 25.5 Å². The average molecular weight is 359 g/mol. The molecule has 1 fully saturated rings. The first kappa shape index (κ1) is 17.6. The van der Waals surface area contributed by atoms with Crippen molar-refractivity contribution in [1.29, 1.82) is 0 Å². The average Bonchev–Trinajstić information content (AvgIpc) is 3.16. The van der Waals surface area contributed by atoms with E-state index in [4.69, 9.17) is 0 Å². The number of benzene rings is 1. The second-order valence-electron chi connectivity index (χ2n) is 6.31. The van der Waals surface area contributed by atoms with Crippen LogP contribution in [0.15, 0.2) is 41.2 Å². The van der Waals surface area contributed by atoms with E-state index in [1.807, 2.05) is 25.2 Å². The van der Waals surface area contributed by atoms with Crippen LogP contribution in [0.3, 0.4) is 0 Å². The van der Waals surface area contributed by atoms with Gasteiger partial charge in [-0.3, -0.25) is 9.69 Å². The van der Waals surface area contributed by atoms with Gasteiger partial charge in [-0.15, -0.1) is 11.3 Å². The predicted octanol–water partition coefficient (Wildman–Crippen LogP) is 2.33. The van der Waals surface area contributed by atoms with Gasteiger partial charge in [0.1, 0.15) is 11.7 Å². The van der Waals surface area contributed by atoms with Crippen molar-refractivity contribution in [2.75, 3.05) is 13.6 Å². The Hall–Kier alpha value is -2.25. The highest BCUT2D eigenvalue weighted by Gasteiger charge is 2.38. The lowest BCUT2D eigenvalue weighted by molar-refractivity contribution is -0.144. The van der Waals surface area contributed by atoms with Crippen molar-refractivity contribution >= 4 is 23.2 Å². The van der Waals surface area contributed by atoms with Crippen LogP contribution < -0.4 is 0 Å². The van der Waals surface area contributed by atoms with Crippen LogP contribution in [0.25, 0.3) is 0 Å². The number of likely N-dealkylation sites (tertiary alicyclic amines) is 1. The summed E-state index contributed by atoms with van der Waals surface area (Å²) < 4.78 is 0. The summed E-state index contributed by atoms with van der Waals surface area (Å²) in [5.74, 6) is -1.25. The van der Waals surface area contributed by atoms with Gasteiger partial charge in [-0.1, -0.05) is 30.3 Å². The molecular weight excluding hydrogens is 338 g/mol. The van der Waals surface area contributed by atoms with Crippen molar-refractivity contribution in [2.45, 2.75) is 31.5 Å². The number of carbonyl (C=O) groups excluding carboxylic acids is 1. The molecule has 132 valence electrons. The molecule has 0 radical (unpaired) electrons. The number of carboxylic acid groups (broad SMARTS) is 1. The first-order chi connectivity index (χ1) is 12.1. The lowest BCUT2D eigenvalue weighted by Gasteiger charge is -2.40. The van der Waals surface area contributed by atoms with Crippen LogP contribution in [-0.2, 0) is 11.3 Å².